The predicted molar refractivity (Wildman–Crippen MR) is 165 cm³/mol. The van der Waals surface area contributed by atoms with Crippen LogP contribution in [0.5, 0.6) is 11.5 Å². The number of carbonyl (C=O) groups is 3. The first kappa shape index (κ1) is 29.5. The van der Waals surface area contributed by atoms with Crippen molar-refractivity contribution in [1.29, 1.82) is 0 Å². The number of thiophene rings is 1. The third-order valence-corrected chi connectivity index (χ3v) is 8.80. The molecule has 2 aromatic carbocycles. The van der Waals surface area contributed by atoms with Gasteiger partial charge < -0.3 is 14.8 Å². The lowest BCUT2D eigenvalue weighted by molar-refractivity contribution is -0.136. The Hall–Kier alpha value is -4.55. The number of methoxy groups -OCH3 is 1. The second-order valence-corrected chi connectivity index (χ2v) is 12.0. The van der Waals surface area contributed by atoms with Gasteiger partial charge in [-0.2, -0.15) is 0 Å². The number of imide groups is 1. The van der Waals surface area contributed by atoms with E-state index in [0.717, 1.165) is 60.1 Å². The highest BCUT2D eigenvalue weighted by atomic mass is 32.1. The summed E-state index contributed by atoms with van der Waals surface area (Å²) in [6, 6.07) is 17.1. The molecule has 11 nitrogen and oxygen atoms in total. The molecule has 228 valence electrons. The zero-order valence-corrected chi connectivity index (χ0v) is 25.2. The summed E-state index contributed by atoms with van der Waals surface area (Å²) in [5.41, 5.74) is 3.39. The van der Waals surface area contributed by atoms with Crippen molar-refractivity contribution in [2.75, 3.05) is 25.5 Å². The molecule has 4 aromatic rings. The van der Waals surface area contributed by atoms with Gasteiger partial charge in [0.2, 0.25) is 11.8 Å². The Morgan fingerprint density at radius 1 is 1.07 bits per heavy atom. The highest BCUT2D eigenvalue weighted by Gasteiger charge is 2.29. The SMILES string of the molecule is COc1ccccc1OC1CCN(Cc2ccc(NC(=O)Cc3cc(-c4cn(C5CCC(=O)NC5=O)nn4)cs3)cc2)CC1. The fourth-order valence-corrected chi connectivity index (χ4v) is 6.38. The Morgan fingerprint density at radius 2 is 1.84 bits per heavy atom. The molecule has 2 aliphatic heterocycles. The zero-order valence-electron chi connectivity index (χ0n) is 24.4. The average Bonchev–Trinajstić information content (AvgIpc) is 3.70. The van der Waals surface area contributed by atoms with Crippen LogP contribution in [0.25, 0.3) is 11.3 Å². The summed E-state index contributed by atoms with van der Waals surface area (Å²) in [5, 5.41) is 15.5. The number of likely N-dealkylation sites (tertiary alicyclic amines) is 1. The van der Waals surface area contributed by atoms with Crippen molar-refractivity contribution in [2.24, 2.45) is 0 Å². The number of nitrogens with zero attached hydrogens (tertiary/aromatic N) is 4. The Morgan fingerprint density at radius 3 is 2.59 bits per heavy atom. The predicted octanol–water partition coefficient (Wildman–Crippen LogP) is 4.22. The minimum Gasteiger partial charge on any atom is -0.493 e. The summed E-state index contributed by atoms with van der Waals surface area (Å²) in [5.74, 6) is 0.810. The molecule has 3 amide bonds. The van der Waals surface area contributed by atoms with E-state index in [1.54, 1.807) is 13.3 Å². The number of nitrogens with one attached hydrogen (secondary N) is 2. The minimum absolute atomic E-state index is 0.101. The lowest BCUT2D eigenvalue weighted by Crippen LogP contribution is -2.41. The number of anilines is 1. The van der Waals surface area contributed by atoms with E-state index in [4.69, 9.17) is 9.47 Å². The highest BCUT2D eigenvalue weighted by molar-refractivity contribution is 7.10. The van der Waals surface area contributed by atoms with Crippen molar-refractivity contribution in [2.45, 2.75) is 50.8 Å². The van der Waals surface area contributed by atoms with Gasteiger partial charge in [-0.3, -0.25) is 24.6 Å². The van der Waals surface area contributed by atoms with Crippen LogP contribution in [0, 0.1) is 0 Å². The topological polar surface area (TPSA) is 128 Å². The summed E-state index contributed by atoms with van der Waals surface area (Å²) < 4.78 is 13.1. The van der Waals surface area contributed by atoms with Crippen LogP contribution in [-0.2, 0) is 27.3 Å². The quantitative estimate of drug-likeness (QED) is 0.254. The summed E-state index contributed by atoms with van der Waals surface area (Å²) in [4.78, 5) is 39.6. The fourth-order valence-electron chi connectivity index (χ4n) is 5.50. The molecule has 0 saturated carbocycles. The number of benzene rings is 2. The number of carbonyl (C=O) groups excluding carboxylic acids is 3. The van der Waals surface area contributed by atoms with E-state index in [1.807, 2.05) is 47.8 Å². The van der Waals surface area contributed by atoms with Crippen molar-refractivity contribution in [3.05, 3.63) is 76.6 Å². The van der Waals surface area contributed by atoms with Crippen LogP contribution >= 0.6 is 11.3 Å². The van der Waals surface area contributed by atoms with E-state index in [9.17, 15) is 14.4 Å². The molecule has 2 aliphatic rings. The summed E-state index contributed by atoms with van der Waals surface area (Å²) in [6.07, 6.45) is 4.68. The monoisotopic (exact) mass is 614 g/mol. The molecule has 6 rings (SSSR count). The van der Waals surface area contributed by atoms with Gasteiger partial charge in [-0.25, -0.2) is 4.68 Å². The largest absolute Gasteiger partial charge is 0.493 e. The smallest absolute Gasteiger partial charge is 0.251 e. The first-order valence-electron chi connectivity index (χ1n) is 14.7. The lowest BCUT2D eigenvalue weighted by atomic mass is 10.1. The van der Waals surface area contributed by atoms with Crippen molar-refractivity contribution in [3.8, 4) is 22.8 Å². The average molecular weight is 615 g/mol. The van der Waals surface area contributed by atoms with Gasteiger partial charge in [-0.1, -0.05) is 29.5 Å². The normalized spacial score (nSPS) is 17.7. The van der Waals surface area contributed by atoms with E-state index < -0.39 is 6.04 Å². The van der Waals surface area contributed by atoms with E-state index in [1.165, 1.54) is 21.6 Å². The summed E-state index contributed by atoms with van der Waals surface area (Å²) in [7, 11) is 1.66. The van der Waals surface area contributed by atoms with E-state index >= 15 is 0 Å². The molecule has 0 spiro atoms. The van der Waals surface area contributed by atoms with E-state index in [0.29, 0.717) is 12.1 Å². The van der Waals surface area contributed by atoms with Crippen LogP contribution in [0.2, 0.25) is 0 Å². The number of ether oxygens (including phenoxy) is 2. The second kappa shape index (κ2) is 13.4. The molecule has 2 aromatic heterocycles. The standard InChI is InChI=1S/C32H34N6O5S/c1-42-28-4-2-3-5-29(28)43-24-12-14-37(15-13-24)18-21-6-8-23(9-7-21)33-31(40)17-25-16-22(20-44-25)26-19-38(36-35-26)27-10-11-30(39)34-32(27)41/h2-9,16,19-20,24,27H,10-15,17-18H2,1H3,(H,33,40)(H,34,39,41). The molecular weight excluding hydrogens is 580 g/mol. The van der Waals surface area contributed by atoms with Gasteiger partial charge in [-0.05, 0) is 55.2 Å². The van der Waals surface area contributed by atoms with Crippen molar-refractivity contribution in [3.63, 3.8) is 0 Å². The molecule has 2 saturated heterocycles. The molecule has 1 unspecified atom stereocenters. The van der Waals surface area contributed by atoms with Crippen molar-refractivity contribution < 1.29 is 23.9 Å². The van der Waals surface area contributed by atoms with Gasteiger partial charge in [0.15, 0.2) is 11.5 Å². The van der Waals surface area contributed by atoms with Crippen molar-refractivity contribution in [1.82, 2.24) is 25.2 Å². The number of rotatable bonds is 10. The molecule has 0 bridgehead atoms. The Balaban J connectivity index is 0.957. The first-order valence-corrected chi connectivity index (χ1v) is 15.6. The number of hydrogen-bond donors (Lipinski definition) is 2. The summed E-state index contributed by atoms with van der Waals surface area (Å²) >= 11 is 1.47. The number of hydrogen-bond acceptors (Lipinski definition) is 9. The van der Waals surface area contributed by atoms with Gasteiger partial charge in [0, 0.05) is 47.6 Å². The second-order valence-electron chi connectivity index (χ2n) is 11.0. The Bertz CT molecular complexity index is 1630. The Labute approximate surface area is 259 Å². The maximum absolute atomic E-state index is 12.8. The van der Waals surface area contributed by atoms with Gasteiger partial charge in [0.25, 0.3) is 5.91 Å². The summed E-state index contributed by atoms with van der Waals surface area (Å²) in [6.45, 7) is 2.75. The maximum atomic E-state index is 12.8. The van der Waals surface area contributed by atoms with Gasteiger partial charge in [0.05, 0.1) is 19.7 Å². The van der Waals surface area contributed by atoms with Gasteiger partial charge in [-0.15, -0.1) is 16.4 Å². The van der Waals surface area contributed by atoms with Gasteiger partial charge >= 0.3 is 0 Å². The molecule has 2 fully saturated rings. The van der Waals surface area contributed by atoms with Crippen LogP contribution in [0.1, 0.15) is 42.2 Å². The molecule has 4 heterocycles. The number of amides is 3. The van der Waals surface area contributed by atoms with Crippen LogP contribution in [0.4, 0.5) is 5.69 Å². The molecule has 2 N–H and O–H groups in total. The van der Waals surface area contributed by atoms with Crippen LogP contribution in [-0.4, -0.2) is 63.9 Å². The molecule has 0 radical (unpaired) electrons. The minimum atomic E-state index is -0.555. The van der Waals surface area contributed by atoms with Crippen LogP contribution in [0.15, 0.2) is 66.2 Å². The molecule has 44 heavy (non-hydrogen) atoms. The highest BCUT2D eigenvalue weighted by Crippen LogP contribution is 2.30. The van der Waals surface area contributed by atoms with Crippen LogP contribution < -0.4 is 20.1 Å². The zero-order chi connectivity index (χ0) is 30.5. The molecular formula is C32H34N6O5S. The number of aromatic nitrogens is 3. The van der Waals surface area contributed by atoms with Crippen LogP contribution in [0.3, 0.4) is 0 Å². The molecule has 1 atom stereocenters. The van der Waals surface area contributed by atoms with E-state index in [2.05, 4.69) is 38.0 Å². The molecule has 0 aliphatic carbocycles. The fraction of sp³-hybridized carbons (Fsp3) is 0.344. The number of piperidine rings is 2. The maximum Gasteiger partial charge on any atom is 0.251 e. The van der Waals surface area contributed by atoms with Gasteiger partial charge in [0.1, 0.15) is 17.8 Å². The molecule has 12 heteroatoms. The first-order chi connectivity index (χ1) is 21.4. The number of para-hydroxylation sites is 2. The van der Waals surface area contributed by atoms with Crippen molar-refractivity contribution >= 4 is 34.7 Å². The third kappa shape index (κ3) is 7.14. The Kier molecular flexibility index (Phi) is 8.99. The lowest BCUT2D eigenvalue weighted by Gasteiger charge is -2.32. The van der Waals surface area contributed by atoms with E-state index in [-0.39, 0.29) is 36.7 Å². The third-order valence-electron chi connectivity index (χ3n) is 7.87.